The topological polar surface area (TPSA) is 80.5 Å². The van der Waals surface area contributed by atoms with Gasteiger partial charge in [-0.1, -0.05) is 17.7 Å². The number of anilines is 1. The zero-order chi connectivity index (χ0) is 15.1. The number of carbonyl (C=O) groups is 3. The zero-order valence-electron chi connectivity index (χ0n) is 10.6. The highest BCUT2D eigenvalue weighted by Crippen LogP contribution is 2.39. The normalized spacial score (nSPS) is 16.9. The molecule has 21 heavy (non-hydrogen) atoms. The van der Waals surface area contributed by atoms with E-state index in [2.05, 4.69) is 0 Å². The molecular formula is C14H9ClN2O3S. The molecule has 1 aromatic heterocycles. The van der Waals surface area contributed by atoms with Gasteiger partial charge in [0.25, 0.3) is 11.8 Å². The molecule has 5 nitrogen and oxygen atoms in total. The van der Waals surface area contributed by atoms with Gasteiger partial charge in [-0.3, -0.25) is 14.4 Å². The smallest absolute Gasteiger partial charge is 0.275 e. The molecule has 3 amide bonds. The first-order valence-corrected chi connectivity index (χ1v) is 7.27. The Balaban J connectivity index is 2.13. The molecule has 1 aliphatic rings. The van der Waals surface area contributed by atoms with Crippen molar-refractivity contribution in [2.45, 2.75) is 5.92 Å². The number of nitrogens with two attached hydrogens (primary N) is 1. The van der Waals surface area contributed by atoms with Gasteiger partial charge in [-0.25, -0.2) is 4.90 Å². The molecule has 2 heterocycles. The molecule has 0 aliphatic carbocycles. The van der Waals surface area contributed by atoms with Crippen molar-refractivity contribution in [3.63, 3.8) is 0 Å². The number of hydrogen-bond acceptors (Lipinski definition) is 4. The van der Waals surface area contributed by atoms with Crippen molar-refractivity contribution < 1.29 is 14.4 Å². The van der Waals surface area contributed by atoms with Gasteiger partial charge < -0.3 is 5.73 Å². The van der Waals surface area contributed by atoms with E-state index in [9.17, 15) is 14.4 Å². The van der Waals surface area contributed by atoms with Gasteiger partial charge in [-0.2, -0.15) is 0 Å². The van der Waals surface area contributed by atoms with E-state index in [1.54, 1.807) is 29.6 Å². The first kappa shape index (κ1) is 13.8. The molecule has 7 heteroatoms. The molecule has 1 unspecified atom stereocenters. The van der Waals surface area contributed by atoms with Crippen molar-refractivity contribution in [1.82, 2.24) is 0 Å². The van der Waals surface area contributed by atoms with Crippen LogP contribution in [-0.2, 0) is 9.59 Å². The maximum absolute atomic E-state index is 12.5. The third-order valence-electron chi connectivity index (χ3n) is 3.23. The predicted octanol–water partition coefficient (Wildman–Crippen LogP) is 2.16. The minimum Gasteiger partial charge on any atom is -0.369 e. The van der Waals surface area contributed by atoms with Crippen LogP contribution in [-0.4, -0.2) is 17.7 Å². The van der Waals surface area contributed by atoms with Gasteiger partial charge in [0, 0.05) is 5.02 Å². The summed E-state index contributed by atoms with van der Waals surface area (Å²) < 4.78 is 0. The highest BCUT2D eigenvalue weighted by Gasteiger charge is 2.44. The van der Waals surface area contributed by atoms with E-state index < -0.39 is 23.6 Å². The number of thiophene rings is 1. The fourth-order valence-corrected chi connectivity index (χ4v) is 3.17. The molecule has 0 saturated heterocycles. The second-order valence-electron chi connectivity index (χ2n) is 4.49. The lowest BCUT2D eigenvalue weighted by atomic mass is 10.0. The van der Waals surface area contributed by atoms with Crippen molar-refractivity contribution in [3.8, 4) is 0 Å². The van der Waals surface area contributed by atoms with Gasteiger partial charge in [0.2, 0.25) is 5.91 Å². The average molecular weight is 321 g/mol. The van der Waals surface area contributed by atoms with E-state index in [0.29, 0.717) is 21.2 Å². The lowest BCUT2D eigenvalue weighted by Crippen LogP contribution is -2.38. The second kappa shape index (κ2) is 4.98. The van der Waals surface area contributed by atoms with Crippen molar-refractivity contribution in [1.29, 1.82) is 0 Å². The van der Waals surface area contributed by atoms with Crippen molar-refractivity contribution in [3.05, 3.63) is 51.2 Å². The van der Waals surface area contributed by atoms with Gasteiger partial charge in [-0.05, 0) is 35.2 Å². The largest absolute Gasteiger partial charge is 0.369 e. The van der Waals surface area contributed by atoms with E-state index in [0.717, 1.165) is 4.90 Å². The zero-order valence-corrected chi connectivity index (χ0v) is 12.1. The molecular weight excluding hydrogens is 312 g/mol. The highest BCUT2D eigenvalue weighted by atomic mass is 35.5. The Morgan fingerprint density at radius 2 is 2.05 bits per heavy atom. The SMILES string of the molecule is NC(=O)C1C(=O)N(C(=O)c2cccs2)c2ccc(Cl)cc21. The summed E-state index contributed by atoms with van der Waals surface area (Å²) in [7, 11) is 0. The Hall–Kier alpha value is -2.18. The number of halogens is 1. The minimum absolute atomic E-state index is 0.353. The fraction of sp³-hybridized carbons (Fsp3) is 0.0714. The van der Waals surface area contributed by atoms with Gasteiger partial charge in [-0.15, -0.1) is 11.3 Å². The van der Waals surface area contributed by atoms with Crippen molar-refractivity contribution in [2.75, 3.05) is 4.90 Å². The summed E-state index contributed by atoms with van der Waals surface area (Å²) in [6, 6.07) is 7.93. The predicted molar refractivity (Wildman–Crippen MR) is 79.5 cm³/mol. The molecule has 1 aliphatic heterocycles. The van der Waals surface area contributed by atoms with Crippen LogP contribution in [0.1, 0.15) is 21.2 Å². The van der Waals surface area contributed by atoms with Crippen LogP contribution in [0.25, 0.3) is 0 Å². The minimum atomic E-state index is -1.18. The van der Waals surface area contributed by atoms with Crippen LogP contribution in [0.2, 0.25) is 5.02 Å². The Kier molecular flexibility index (Phi) is 3.27. The molecule has 2 N–H and O–H groups in total. The van der Waals surface area contributed by atoms with E-state index in [-0.39, 0.29) is 0 Å². The number of carbonyl (C=O) groups excluding carboxylic acids is 3. The number of primary amides is 1. The molecule has 1 aromatic carbocycles. The van der Waals surface area contributed by atoms with Crippen molar-refractivity contribution >= 4 is 46.3 Å². The van der Waals surface area contributed by atoms with Crippen LogP contribution in [0.3, 0.4) is 0 Å². The van der Waals surface area contributed by atoms with Gasteiger partial charge in [0.05, 0.1) is 10.6 Å². The van der Waals surface area contributed by atoms with Crippen LogP contribution in [0, 0.1) is 0 Å². The van der Waals surface area contributed by atoms with Crippen LogP contribution >= 0.6 is 22.9 Å². The molecule has 0 radical (unpaired) electrons. The quantitative estimate of drug-likeness (QED) is 0.680. The summed E-state index contributed by atoms with van der Waals surface area (Å²) in [5.74, 6) is -3.09. The summed E-state index contributed by atoms with van der Waals surface area (Å²) in [4.78, 5) is 37.9. The van der Waals surface area contributed by atoms with Crippen LogP contribution in [0.5, 0.6) is 0 Å². The average Bonchev–Trinajstić information content (AvgIpc) is 3.02. The summed E-state index contributed by atoms with van der Waals surface area (Å²) in [6.07, 6.45) is 0. The monoisotopic (exact) mass is 320 g/mol. The van der Waals surface area contributed by atoms with Crippen LogP contribution in [0.4, 0.5) is 5.69 Å². The number of fused-ring (bicyclic) bond motifs is 1. The molecule has 0 fully saturated rings. The number of imide groups is 1. The first-order valence-electron chi connectivity index (χ1n) is 6.01. The molecule has 106 valence electrons. The summed E-state index contributed by atoms with van der Waals surface area (Å²) >= 11 is 7.12. The number of hydrogen-bond donors (Lipinski definition) is 1. The Morgan fingerprint density at radius 3 is 2.67 bits per heavy atom. The van der Waals surface area contributed by atoms with Crippen molar-refractivity contribution in [2.24, 2.45) is 5.73 Å². The maximum atomic E-state index is 12.5. The molecule has 0 spiro atoms. The van der Waals surface area contributed by atoms with Gasteiger partial charge >= 0.3 is 0 Å². The Bertz CT molecular complexity index is 758. The first-order chi connectivity index (χ1) is 10.0. The fourth-order valence-electron chi connectivity index (χ4n) is 2.34. The van der Waals surface area contributed by atoms with E-state index in [1.807, 2.05) is 0 Å². The third-order valence-corrected chi connectivity index (χ3v) is 4.32. The maximum Gasteiger partial charge on any atom is 0.275 e. The van der Waals surface area contributed by atoms with Crippen LogP contribution < -0.4 is 10.6 Å². The third kappa shape index (κ3) is 2.12. The van der Waals surface area contributed by atoms with Gasteiger partial charge in [0.15, 0.2) is 0 Å². The number of amides is 3. The highest BCUT2D eigenvalue weighted by molar-refractivity contribution is 7.12. The number of nitrogens with zero attached hydrogens (tertiary/aromatic N) is 1. The lowest BCUT2D eigenvalue weighted by molar-refractivity contribution is -0.127. The van der Waals surface area contributed by atoms with E-state index in [1.165, 1.54) is 17.4 Å². The Labute approximate surface area is 128 Å². The standard InChI is InChI=1S/C14H9ClN2O3S/c15-7-3-4-9-8(6-7)11(12(16)18)14(20)17(9)13(19)10-2-1-5-21-10/h1-6,11H,(H2,16,18). The van der Waals surface area contributed by atoms with Gasteiger partial charge in [0.1, 0.15) is 5.92 Å². The summed E-state index contributed by atoms with van der Waals surface area (Å²) in [5.41, 5.74) is 6.01. The molecule has 1 atom stereocenters. The molecule has 0 bridgehead atoms. The van der Waals surface area contributed by atoms with E-state index in [4.69, 9.17) is 17.3 Å². The number of rotatable bonds is 2. The Morgan fingerprint density at radius 1 is 1.29 bits per heavy atom. The summed E-state index contributed by atoms with van der Waals surface area (Å²) in [5, 5.41) is 2.11. The summed E-state index contributed by atoms with van der Waals surface area (Å²) in [6.45, 7) is 0. The molecule has 0 saturated carbocycles. The second-order valence-corrected chi connectivity index (χ2v) is 5.88. The number of benzene rings is 1. The van der Waals surface area contributed by atoms with Crippen LogP contribution in [0.15, 0.2) is 35.7 Å². The molecule has 2 aromatic rings. The molecule has 3 rings (SSSR count). The van der Waals surface area contributed by atoms with E-state index >= 15 is 0 Å². The lowest BCUT2D eigenvalue weighted by Gasteiger charge is -2.14.